The average Bonchev–Trinajstić information content (AvgIpc) is 3.16. The van der Waals surface area contributed by atoms with E-state index in [1.54, 1.807) is 30.3 Å². The van der Waals surface area contributed by atoms with Crippen molar-refractivity contribution in [3.05, 3.63) is 64.9 Å². The van der Waals surface area contributed by atoms with Crippen LogP contribution in [0.1, 0.15) is 57.8 Å². The largest absolute Gasteiger partial charge is 0.460 e. The van der Waals surface area contributed by atoms with Gasteiger partial charge >= 0.3 is 0 Å². The van der Waals surface area contributed by atoms with E-state index in [4.69, 9.17) is 4.42 Å². The number of fused-ring (bicyclic) bond motifs is 4. The van der Waals surface area contributed by atoms with Crippen molar-refractivity contribution in [2.45, 2.75) is 25.8 Å². The number of furan rings is 1. The van der Waals surface area contributed by atoms with Crippen LogP contribution in [0.25, 0.3) is 11.0 Å². The van der Waals surface area contributed by atoms with Gasteiger partial charge in [-0.25, -0.2) is 4.90 Å². The molecule has 0 bridgehead atoms. The molecule has 5 heteroatoms. The van der Waals surface area contributed by atoms with Gasteiger partial charge in [-0.1, -0.05) is 19.1 Å². The van der Waals surface area contributed by atoms with Crippen molar-refractivity contribution in [3.8, 4) is 0 Å². The van der Waals surface area contributed by atoms with Gasteiger partial charge in [0, 0.05) is 29.5 Å². The number of carbonyl (C=O) groups excluding carboxylic acids is 2. The van der Waals surface area contributed by atoms with Crippen molar-refractivity contribution < 1.29 is 14.0 Å². The highest BCUT2D eigenvalue weighted by Crippen LogP contribution is 2.43. The smallest absolute Gasteiger partial charge is 0.266 e. The average molecular weight is 360 g/mol. The Morgan fingerprint density at radius 2 is 1.67 bits per heavy atom. The molecule has 0 saturated heterocycles. The van der Waals surface area contributed by atoms with Crippen LogP contribution < -0.4 is 4.90 Å². The first-order valence-corrected chi connectivity index (χ1v) is 9.21. The molecule has 3 aromatic rings. The number of amides is 2. The molecule has 2 aromatic carbocycles. The zero-order chi connectivity index (χ0) is 18.9. The summed E-state index contributed by atoms with van der Waals surface area (Å²) in [5.41, 5.74) is 3.46. The molecule has 0 spiro atoms. The second-order valence-electron chi connectivity index (χ2n) is 7.57. The van der Waals surface area contributed by atoms with E-state index >= 15 is 0 Å². The first kappa shape index (κ1) is 16.3. The summed E-state index contributed by atoms with van der Waals surface area (Å²) in [6.07, 6.45) is 0. The number of benzene rings is 2. The number of hydrogen-bond acceptors (Lipinski definition) is 4. The minimum absolute atomic E-state index is 0.217. The molecule has 2 atom stereocenters. The van der Waals surface area contributed by atoms with E-state index in [0.29, 0.717) is 22.7 Å². The lowest BCUT2D eigenvalue weighted by Gasteiger charge is -2.33. The molecule has 5 rings (SSSR count). The summed E-state index contributed by atoms with van der Waals surface area (Å²) in [4.78, 5) is 29.2. The van der Waals surface area contributed by atoms with Gasteiger partial charge in [-0.2, -0.15) is 0 Å². The Labute approximate surface area is 157 Å². The first-order valence-electron chi connectivity index (χ1n) is 9.21. The van der Waals surface area contributed by atoms with Crippen molar-refractivity contribution in [2.75, 3.05) is 18.5 Å². The van der Waals surface area contributed by atoms with E-state index in [9.17, 15) is 9.59 Å². The summed E-state index contributed by atoms with van der Waals surface area (Å²) >= 11 is 0. The van der Waals surface area contributed by atoms with Gasteiger partial charge < -0.3 is 4.42 Å². The molecular formula is C22H20N2O3. The van der Waals surface area contributed by atoms with Gasteiger partial charge in [0.05, 0.1) is 16.8 Å². The van der Waals surface area contributed by atoms with E-state index in [1.165, 1.54) is 4.90 Å². The quantitative estimate of drug-likeness (QED) is 0.606. The predicted octanol–water partition coefficient (Wildman–Crippen LogP) is 4.34. The highest BCUT2D eigenvalue weighted by Gasteiger charge is 2.37. The van der Waals surface area contributed by atoms with Gasteiger partial charge in [0.2, 0.25) is 0 Å². The van der Waals surface area contributed by atoms with E-state index in [0.717, 1.165) is 28.8 Å². The summed E-state index contributed by atoms with van der Waals surface area (Å²) in [5.74, 6) is 0.767. The molecule has 2 amide bonds. The maximum atomic E-state index is 12.8. The second kappa shape index (κ2) is 5.54. The lowest BCUT2D eigenvalue weighted by Crippen LogP contribution is -2.32. The van der Waals surface area contributed by atoms with Gasteiger partial charge in [-0.05, 0) is 44.3 Å². The minimum atomic E-state index is -0.272. The molecular weight excluding hydrogens is 340 g/mol. The molecule has 0 radical (unpaired) electrons. The zero-order valence-corrected chi connectivity index (χ0v) is 15.5. The van der Waals surface area contributed by atoms with Crippen LogP contribution in [0.4, 0.5) is 5.69 Å². The van der Waals surface area contributed by atoms with Crippen molar-refractivity contribution in [1.82, 2.24) is 4.90 Å². The fraction of sp³-hybridized carbons (Fsp3) is 0.273. The molecule has 2 aliphatic heterocycles. The Morgan fingerprint density at radius 1 is 1.00 bits per heavy atom. The van der Waals surface area contributed by atoms with Gasteiger partial charge in [-0.15, -0.1) is 0 Å². The van der Waals surface area contributed by atoms with Crippen LogP contribution in [0.5, 0.6) is 0 Å². The summed E-state index contributed by atoms with van der Waals surface area (Å²) in [6.45, 7) is 5.27. The molecule has 1 aromatic heterocycles. The summed E-state index contributed by atoms with van der Waals surface area (Å²) in [5, 5.41) is 0.977. The Kier molecular flexibility index (Phi) is 3.34. The molecule has 0 N–H and O–H groups in total. The minimum Gasteiger partial charge on any atom is -0.460 e. The topological polar surface area (TPSA) is 53.8 Å². The Hall–Kier alpha value is -2.92. The second-order valence-corrected chi connectivity index (χ2v) is 7.57. The number of carbonyl (C=O) groups is 2. The van der Waals surface area contributed by atoms with Crippen molar-refractivity contribution in [1.29, 1.82) is 0 Å². The number of rotatable bonds is 1. The van der Waals surface area contributed by atoms with Crippen LogP contribution in [0.15, 0.2) is 46.9 Å². The van der Waals surface area contributed by atoms with Gasteiger partial charge in [0.25, 0.3) is 11.8 Å². The fourth-order valence-corrected chi connectivity index (χ4v) is 4.38. The van der Waals surface area contributed by atoms with Crippen molar-refractivity contribution in [2.24, 2.45) is 0 Å². The fourth-order valence-electron chi connectivity index (χ4n) is 4.38. The number of nitrogens with zero attached hydrogens (tertiary/aromatic N) is 2. The number of imide groups is 1. The van der Waals surface area contributed by atoms with E-state index in [-0.39, 0.29) is 17.9 Å². The van der Waals surface area contributed by atoms with Crippen molar-refractivity contribution in [3.63, 3.8) is 0 Å². The van der Waals surface area contributed by atoms with Gasteiger partial charge in [0.1, 0.15) is 11.3 Å². The first-order chi connectivity index (χ1) is 13.0. The monoisotopic (exact) mass is 360 g/mol. The van der Waals surface area contributed by atoms with Crippen LogP contribution in [-0.2, 0) is 0 Å². The van der Waals surface area contributed by atoms with Gasteiger partial charge in [-0.3, -0.25) is 14.5 Å². The third-order valence-corrected chi connectivity index (χ3v) is 5.88. The number of anilines is 1. The Balaban J connectivity index is 1.67. The zero-order valence-electron chi connectivity index (χ0n) is 15.5. The third-order valence-electron chi connectivity index (χ3n) is 5.88. The maximum Gasteiger partial charge on any atom is 0.266 e. The highest BCUT2D eigenvalue weighted by molar-refractivity contribution is 6.34. The lowest BCUT2D eigenvalue weighted by atomic mass is 9.92. The standard InChI is InChI=1S/C22H20N2O3/c1-12-11-23(3)13(2)19-17-10-14(8-9-18(17)27-20(12)19)24-21(25)15-6-4-5-7-16(15)22(24)26/h4-10,12-13H,11H2,1-3H3. The van der Waals surface area contributed by atoms with Crippen LogP contribution in [0, 0.1) is 0 Å². The normalized spacial score (nSPS) is 22.4. The molecule has 0 fully saturated rings. The predicted molar refractivity (Wildman–Crippen MR) is 103 cm³/mol. The third kappa shape index (κ3) is 2.15. The molecule has 5 nitrogen and oxygen atoms in total. The van der Waals surface area contributed by atoms with Crippen molar-refractivity contribution >= 4 is 28.5 Å². The van der Waals surface area contributed by atoms with Gasteiger partial charge in [0.15, 0.2) is 0 Å². The van der Waals surface area contributed by atoms with E-state index < -0.39 is 0 Å². The molecule has 27 heavy (non-hydrogen) atoms. The van der Waals surface area contributed by atoms with E-state index in [1.807, 2.05) is 12.1 Å². The Bertz CT molecular complexity index is 1080. The number of hydrogen-bond donors (Lipinski definition) is 0. The molecule has 0 aliphatic carbocycles. The van der Waals surface area contributed by atoms with Crippen LogP contribution >= 0.6 is 0 Å². The summed E-state index contributed by atoms with van der Waals surface area (Å²) in [7, 11) is 2.11. The van der Waals surface area contributed by atoms with Crippen LogP contribution in [0.2, 0.25) is 0 Å². The lowest BCUT2D eigenvalue weighted by molar-refractivity contribution is 0.0926. The highest BCUT2D eigenvalue weighted by atomic mass is 16.3. The molecule has 2 aliphatic rings. The van der Waals surface area contributed by atoms with Crippen LogP contribution in [-0.4, -0.2) is 30.3 Å². The maximum absolute atomic E-state index is 12.8. The summed E-state index contributed by atoms with van der Waals surface area (Å²) in [6, 6.07) is 12.8. The molecule has 0 saturated carbocycles. The number of likely N-dealkylation sites (N-methyl/N-ethyl adjacent to an activating group) is 1. The molecule has 2 unspecified atom stereocenters. The SMILES string of the molecule is CC1CN(C)C(C)c2c1oc1ccc(N3C(=O)c4ccccc4C3=O)cc21. The summed E-state index contributed by atoms with van der Waals surface area (Å²) < 4.78 is 6.14. The Morgan fingerprint density at radius 3 is 2.33 bits per heavy atom. The molecule has 136 valence electrons. The van der Waals surface area contributed by atoms with E-state index in [2.05, 4.69) is 25.8 Å². The van der Waals surface area contributed by atoms with Crippen LogP contribution in [0.3, 0.4) is 0 Å². The molecule has 3 heterocycles.